The molecule has 1 amide bonds. The molecule has 0 radical (unpaired) electrons. The number of anilines is 1. The molecule has 5 nitrogen and oxygen atoms in total. The maximum absolute atomic E-state index is 13.6. The first kappa shape index (κ1) is 25.0. The van der Waals surface area contributed by atoms with Crippen molar-refractivity contribution in [2.24, 2.45) is 7.05 Å². The van der Waals surface area contributed by atoms with Crippen LogP contribution in [-0.2, 0) is 24.7 Å². The molecule has 33 heavy (non-hydrogen) atoms. The molecule has 0 fully saturated rings. The van der Waals surface area contributed by atoms with Gasteiger partial charge in [-0.15, -0.1) is 0 Å². The number of carbonyl (C=O) groups excluding carboxylic acids is 1. The van der Waals surface area contributed by atoms with E-state index in [1.54, 1.807) is 23.7 Å². The molecule has 0 atom stereocenters. The predicted molar refractivity (Wildman–Crippen MR) is 133 cm³/mol. The Kier molecular flexibility index (Phi) is 9.09. The molecule has 0 spiro atoms. The normalized spacial score (nSPS) is 10.9. The Balaban J connectivity index is 1.55. The van der Waals surface area contributed by atoms with Crippen molar-refractivity contribution in [3.63, 3.8) is 0 Å². The summed E-state index contributed by atoms with van der Waals surface area (Å²) in [7, 11) is 1.74. The van der Waals surface area contributed by atoms with E-state index in [4.69, 9.17) is 16.6 Å². The summed E-state index contributed by atoms with van der Waals surface area (Å²) < 4.78 is 15.2. The Labute approximate surface area is 202 Å². The highest BCUT2D eigenvalue weighted by Gasteiger charge is 2.15. The van der Waals surface area contributed by atoms with Gasteiger partial charge in [0.05, 0.1) is 11.4 Å². The molecule has 0 aliphatic rings. The van der Waals surface area contributed by atoms with Crippen LogP contribution in [0.2, 0.25) is 5.02 Å². The van der Waals surface area contributed by atoms with E-state index in [0.29, 0.717) is 41.4 Å². The summed E-state index contributed by atoms with van der Waals surface area (Å²) in [6, 6.07) is 13.6. The van der Waals surface area contributed by atoms with Crippen molar-refractivity contribution in [2.75, 3.05) is 11.1 Å². The zero-order chi connectivity index (χ0) is 23.8. The summed E-state index contributed by atoms with van der Waals surface area (Å²) in [4.78, 5) is 29.8. The summed E-state index contributed by atoms with van der Waals surface area (Å²) in [6.45, 7) is 1.99. The summed E-state index contributed by atoms with van der Waals surface area (Å²) >= 11 is 7.59. The summed E-state index contributed by atoms with van der Waals surface area (Å²) in [5, 5.41) is 3.91. The van der Waals surface area contributed by atoms with Crippen molar-refractivity contribution in [1.82, 2.24) is 9.55 Å². The molecular weight excluding hydrogens is 461 g/mol. The smallest absolute Gasteiger partial charge is 0.257 e. The van der Waals surface area contributed by atoms with Crippen LogP contribution in [0.3, 0.4) is 0 Å². The number of halogens is 2. The van der Waals surface area contributed by atoms with Crippen molar-refractivity contribution in [3.05, 3.63) is 86.5 Å². The maximum atomic E-state index is 13.6. The highest BCUT2D eigenvalue weighted by Crippen LogP contribution is 2.20. The number of nitrogens with zero attached hydrogens (tertiary/aromatic N) is 2. The van der Waals surface area contributed by atoms with Crippen LogP contribution >= 0.6 is 23.4 Å². The summed E-state index contributed by atoms with van der Waals surface area (Å²) in [5.41, 5.74) is 2.61. The van der Waals surface area contributed by atoms with Crippen LogP contribution in [0.25, 0.3) is 0 Å². The van der Waals surface area contributed by atoms with E-state index in [9.17, 15) is 14.0 Å². The predicted octanol–water partition coefficient (Wildman–Crippen LogP) is 5.63. The number of amides is 1. The largest absolute Gasteiger partial charge is 0.324 e. The van der Waals surface area contributed by atoms with E-state index >= 15 is 0 Å². The quantitative estimate of drug-likeness (QED) is 0.229. The molecule has 1 N–H and O–H groups in total. The molecule has 0 aliphatic carbocycles. The third-order valence-electron chi connectivity index (χ3n) is 5.21. The van der Waals surface area contributed by atoms with Gasteiger partial charge in [-0.2, -0.15) is 0 Å². The number of nitrogens with one attached hydrogen (secondary N) is 1. The van der Waals surface area contributed by atoms with Crippen LogP contribution in [0.5, 0.6) is 0 Å². The fourth-order valence-electron chi connectivity index (χ4n) is 3.45. The first-order valence-corrected chi connectivity index (χ1v) is 12.3. The third kappa shape index (κ3) is 6.92. The van der Waals surface area contributed by atoms with Gasteiger partial charge in [0.2, 0.25) is 5.91 Å². The minimum absolute atomic E-state index is 0.0476. The van der Waals surface area contributed by atoms with Crippen LogP contribution in [0, 0.1) is 5.82 Å². The van der Waals surface area contributed by atoms with Crippen molar-refractivity contribution < 1.29 is 9.18 Å². The second-order valence-electron chi connectivity index (χ2n) is 7.68. The molecular formula is C25H27ClFN3O2S. The van der Waals surface area contributed by atoms with Gasteiger partial charge < -0.3 is 5.32 Å². The van der Waals surface area contributed by atoms with E-state index < -0.39 is 5.82 Å². The molecule has 3 aromatic rings. The SMILES string of the molecule is CCc1nc(SCCCCC(=O)Nc2ccccc2F)n(C)c(=O)c1Cc1cccc(Cl)c1. The lowest BCUT2D eigenvalue weighted by Gasteiger charge is -2.13. The van der Waals surface area contributed by atoms with Crippen molar-refractivity contribution >= 4 is 35.0 Å². The highest BCUT2D eigenvalue weighted by molar-refractivity contribution is 7.99. The van der Waals surface area contributed by atoms with E-state index in [1.807, 2.05) is 31.2 Å². The number of thioether (sulfide) groups is 1. The van der Waals surface area contributed by atoms with E-state index in [1.165, 1.54) is 23.9 Å². The topological polar surface area (TPSA) is 64.0 Å². The fourth-order valence-corrected chi connectivity index (χ4v) is 4.64. The van der Waals surface area contributed by atoms with Crippen molar-refractivity contribution in [1.29, 1.82) is 0 Å². The van der Waals surface area contributed by atoms with Gasteiger partial charge >= 0.3 is 0 Å². The van der Waals surface area contributed by atoms with Crippen LogP contribution < -0.4 is 10.9 Å². The van der Waals surface area contributed by atoms with Gasteiger partial charge in [0.25, 0.3) is 5.56 Å². The zero-order valence-corrected chi connectivity index (χ0v) is 20.3. The van der Waals surface area contributed by atoms with E-state index in [-0.39, 0.29) is 17.2 Å². The summed E-state index contributed by atoms with van der Waals surface area (Å²) in [5.74, 6) is 0.0672. The van der Waals surface area contributed by atoms with Gasteiger partial charge in [-0.05, 0) is 49.1 Å². The van der Waals surface area contributed by atoms with Gasteiger partial charge in [0.1, 0.15) is 5.82 Å². The van der Waals surface area contributed by atoms with Gasteiger partial charge in [-0.1, -0.05) is 54.6 Å². The van der Waals surface area contributed by atoms with Gasteiger partial charge in [-0.3, -0.25) is 14.2 Å². The molecule has 2 aromatic carbocycles. The maximum Gasteiger partial charge on any atom is 0.257 e. The molecule has 174 valence electrons. The molecule has 0 unspecified atom stereocenters. The summed E-state index contributed by atoms with van der Waals surface area (Å²) in [6.07, 6.45) is 2.90. The monoisotopic (exact) mass is 487 g/mol. The van der Waals surface area contributed by atoms with E-state index in [0.717, 1.165) is 23.4 Å². The fraction of sp³-hybridized carbons (Fsp3) is 0.320. The Morgan fingerprint density at radius 2 is 1.97 bits per heavy atom. The average molecular weight is 488 g/mol. The van der Waals surface area contributed by atoms with Crippen molar-refractivity contribution in [2.45, 2.75) is 44.2 Å². The molecule has 0 bridgehead atoms. The average Bonchev–Trinajstić information content (AvgIpc) is 2.79. The standard InChI is InChI=1S/C25H27ClFN3O2S/c1-3-21-19(16-17-9-8-10-18(26)15-17)24(32)30(2)25(29-21)33-14-7-6-13-23(31)28-22-12-5-4-11-20(22)27/h4-5,8-12,15H,3,6-7,13-14,16H2,1-2H3,(H,28,31). The number of benzene rings is 2. The van der Waals surface area contributed by atoms with Crippen LogP contribution in [0.1, 0.15) is 43.0 Å². The Morgan fingerprint density at radius 1 is 1.18 bits per heavy atom. The third-order valence-corrected chi connectivity index (χ3v) is 6.56. The highest BCUT2D eigenvalue weighted by atomic mass is 35.5. The first-order valence-electron chi connectivity index (χ1n) is 10.9. The van der Waals surface area contributed by atoms with Crippen LogP contribution in [-0.4, -0.2) is 21.2 Å². The number of hydrogen-bond donors (Lipinski definition) is 1. The van der Waals surface area contributed by atoms with Gasteiger partial charge in [0.15, 0.2) is 5.16 Å². The van der Waals surface area contributed by atoms with Gasteiger partial charge in [0, 0.05) is 36.2 Å². The number of rotatable bonds is 10. The van der Waals surface area contributed by atoms with Crippen molar-refractivity contribution in [3.8, 4) is 0 Å². The lowest BCUT2D eigenvalue weighted by Crippen LogP contribution is -2.26. The zero-order valence-electron chi connectivity index (χ0n) is 18.7. The molecule has 0 aliphatic heterocycles. The lowest BCUT2D eigenvalue weighted by atomic mass is 10.0. The number of aryl methyl sites for hydroxylation is 1. The number of unbranched alkanes of at least 4 members (excludes halogenated alkanes) is 1. The van der Waals surface area contributed by atoms with Crippen LogP contribution in [0.4, 0.5) is 10.1 Å². The Morgan fingerprint density at radius 3 is 2.70 bits per heavy atom. The molecule has 0 saturated heterocycles. The molecule has 3 rings (SSSR count). The molecule has 1 heterocycles. The van der Waals surface area contributed by atoms with Gasteiger partial charge in [-0.25, -0.2) is 9.37 Å². The Hall–Kier alpha value is -2.64. The minimum Gasteiger partial charge on any atom is -0.324 e. The molecule has 1 aromatic heterocycles. The molecule has 0 saturated carbocycles. The van der Waals surface area contributed by atoms with Crippen LogP contribution in [0.15, 0.2) is 58.5 Å². The number of para-hydroxylation sites is 1. The lowest BCUT2D eigenvalue weighted by molar-refractivity contribution is -0.116. The number of aromatic nitrogens is 2. The first-order chi connectivity index (χ1) is 15.9. The van der Waals surface area contributed by atoms with E-state index in [2.05, 4.69) is 5.32 Å². The number of carbonyl (C=O) groups is 1. The minimum atomic E-state index is -0.445. The number of hydrogen-bond acceptors (Lipinski definition) is 4. The molecule has 8 heteroatoms. The second kappa shape index (κ2) is 12.0. The Bertz CT molecular complexity index is 1180. The second-order valence-corrected chi connectivity index (χ2v) is 9.18.